The van der Waals surface area contributed by atoms with Crippen molar-refractivity contribution in [3.63, 3.8) is 0 Å². The Morgan fingerprint density at radius 3 is 2.67 bits per heavy atom. The Hall–Kier alpha value is -2.86. The summed E-state index contributed by atoms with van der Waals surface area (Å²) in [6.45, 7) is 3.86. The predicted octanol–water partition coefficient (Wildman–Crippen LogP) is 4.52. The number of aromatic nitrogens is 1. The van der Waals surface area contributed by atoms with Crippen molar-refractivity contribution in [3.8, 4) is 17.6 Å². The van der Waals surface area contributed by atoms with Crippen LogP contribution in [0.5, 0.6) is 11.5 Å². The molecule has 2 aromatic carbocycles. The molecule has 0 aliphatic heterocycles. The maximum atomic E-state index is 8.97. The second kappa shape index (κ2) is 5.26. The Balaban J connectivity index is 2.04. The molecule has 0 aliphatic carbocycles. The van der Waals surface area contributed by atoms with E-state index < -0.39 is 0 Å². The molecule has 0 aliphatic rings. The highest BCUT2D eigenvalue weighted by Crippen LogP contribution is 2.29. The van der Waals surface area contributed by atoms with Gasteiger partial charge in [0, 0.05) is 11.1 Å². The zero-order valence-electron chi connectivity index (χ0n) is 11.9. The van der Waals surface area contributed by atoms with Crippen molar-refractivity contribution in [3.05, 3.63) is 65.4 Å². The van der Waals surface area contributed by atoms with E-state index in [0.717, 1.165) is 27.9 Å². The summed E-state index contributed by atoms with van der Waals surface area (Å²) in [4.78, 5) is 4.55. The van der Waals surface area contributed by atoms with Crippen LogP contribution in [-0.4, -0.2) is 4.98 Å². The van der Waals surface area contributed by atoms with E-state index in [1.807, 2.05) is 50.2 Å². The van der Waals surface area contributed by atoms with Crippen molar-refractivity contribution < 1.29 is 4.74 Å². The van der Waals surface area contributed by atoms with Crippen LogP contribution in [0.25, 0.3) is 10.9 Å². The van der Waals surface area contributed by atoms with Crippen molar-refractivity contribution in [1.82, 2.24) is 4.98 Å². The number of hydrogen-bond acceptors (Lipinski definition) is 3. The Bertz CT molecular complexity index is 863. The molecule has 0 radical (unpaired) electrons. The number of para-hydroxylation sites is 1. The fourth-order valence-electron chi connectivity index (χ4n) is 2.25. The summed E-state index contributed by atoms with van der Waals surface area (Å²) in [6, 6.07) is 17.5. The molecule has 21 heavy (non-hydrogen) atoms. The lowest BCUT2D eigenvalue weighted by Crippen LogP contribution is -1.91. The summed E-state index contributed by atoms with van der Waals surface area (Å²) in [6.07, 6.45) is 0. The molecule has 3 heteroatoms. The summed E-state index contributed by atoms with van der Waals surface area (Å²) in [5.74, 6) is 1.43. The van der Waals surface area contributed by atoms with Gasteiger partial charge in [-0.25, -0.2) is 4.98 Å². The molecular formula is C18H14N2O. The van der Waals surface area contributed by atoms with Crippen LogP contribution in [0.1, 0.15) is 16.8 Å². The van der Waals surface area contributed by atoms with Gasteiger partial charge in [0.15, 0.2) is 5.75 Å². The quantitative estimate of drug-likeness (QED) is 0.690. The average Bonchev–Trinajstić information content (AvgIpc) is 2.48. The van der Waals surface area contributed by atoms with Crippen molar-refractivity contribution in [2.24, 2.45) is 0 Å². The number of rotatable bonds is 2. The van der Waals surface area contributed by atoms with Crippen molar-refractivity contribution in [1.29, 1.82) is 5.26 Å². The lowest BCUT2D eigenvalue weighted by atomic mass is 10.1. The van der Waals surface area contributed by atoms with E-state index in [1.54, 1.807) is 12.1 Å². The van der Waals surface area contributed by atoms with Crippen molar-refractivity contribution in [2.45, 2.75) is 13.8 Å². The number of hydrogen-bond donors (Lipinski definition) is 0. The van der Waals surface area contributed by atoms with Crippen LogP contribution in [0.3, 0.4) is 0 Å². The number of nitrogens with zero attached hydrogens (tertiary/aromatic N) is 2. The molecule has 0 bridgehead atoms. The molecular weight excluding hydrogens is 260 g/mol. The minimum absolute atomic E-state index is 0.661. The number of pyridine rings is 1. The first kappa shape index (κ1) is 13.1. The topological polar surface area (TPSA) is 45.9 Å². The molecule has 3 aromatic rings. The van der Waals surface area contributed by atoms with E-state index in [-0.39, 0.29) is 0 Å². The summed E-state index contributed by atoms with van der Waals surface area (Å²) in [5.41, 5.74) is 3.36. The standard InChI is InChI=1S/C18H14N2O/c1-12-10-16(9-8-15(12)11-19)21-17-5-3-4-14-7-6-13(2)20-18(14)17/h3-10H,1-2H3. The fraction of sp³-hybridized carbons (Fsp3) is 0.111. The van der Waals surface area contributed by atoms with Crippen molar-refractivity contribution >= 4 is 10.9 Å². The second-order valence-electron chi connectivity index (χ2n) is 4.97. The third-order valence-electron chi connectivity index (χ3n) is 3.37. The van der Waals surface area contributed by atoms with Crippen molar-refractivity contribution in [2.75, 3.05) is 0 Å². The highest BCUT2D eigenvalue weighted by Gasteiger charge is 2.06. The van der Waals surface area contributed by atoms with E-state index in [2.05, 4.69) is 11.1 Å². The van der Waals surface area contributed by atoms with Gasteiger partial charge in [-0.2, -0.15) is 5.26 Å². The first-order chi connectivity index (χ1) is 10.2. The summed E-state index contributed by atoms with van der Waals surface area (Å²) in [5, 5.41) is 10.0. The molecule has 1 heterocycles. The van der Waals surface area contributed by atoms with Gasteiger partial charge < -0.3 is 4.74 Å². The largest absolute Gasteiger partial charge is 0.455 e. The van der Waals surface area contributed by atoms with Crippen LogP contribution in [0.4, 0.5) is 0 Å². The maximum absolute atomic E-state index is 8.97. The first-order valence-corrected chi connectivity index (χ1v) is 6.72. The lowest BCUT2D eigenvalue weighted by Gasteiger charge is -2.10. The molecule has 0 fully saturated rings. The molecule has 3 nitrogen and oxygen atoms in total. The minimum Gasteiger partial charge on any atom is -0.455 e. The van der Waals surface area contributed by atoms with Gasteiger partial charge in [0.2, 0.25) is 0 Å². The van der Waals surface area contributed by atoms with Crippen LogP contribution < -0.4 is 4.74 Å². The molecule has 0 atom stereocenters. The fourth-order valence-corrected chi connectivity index (χ4v) is 2.25. The monoisotopic (exact) mass is 274 g/mol. The van der Waals surface area contributed by atoms with Crippen LogP contribution in [0.15, 0.2) is 48.5 Å². The van der Waals surface area contributed by atoms with Crippen LogP contribution >= 0.6 is 0 Å². The zero-order valence-corrected chi connectivity index (χ0v) is 11.9. The molecule has 0 unspecified atom stereocenters. The predicted molar refractivity (Wildman–Crippen MR) is 82.4 cm³/mol. The molecule has 3 rings (SSSR count). The summed E-state index contributed by atoms with van der Waals surface area (Å²) < 4.78 is 5.96. The number of fused-ring (bicyclic) bond motifs is 1. The Labute approximate surface area is 123 Å². The molecule has 0 saturated heterocycles. The van der Waals surface area contributed by atoms with Crippen LogP contribution in [0, 0.1) is 25.2 Å². The van der Waals surface area contributed by atoms with Gasteiger partial charge in [-0.15, -0.1) is 0 Å². The van der Waals surface area contributed by atoms with E-state index in [1.165, 1.54) is 0 Å². The Kier molecular flexibility index (Phi) is 3.29. The van der Waals surface area contributed by atoms with Gasteiger partial charge in [0.1, 0.15) is 11.3 Å². The van der Waals surface area contributed by atoms with Gasteiger partial charge in [-0.3, -0.25) is 0 Å². The molecule has 0 saturated carbocycles. The molecule has 0 N–H and O–H groups in total. The molecule has 102 valence electrons. The molecule has 0 amide bonds. The molecule has 1 aromatic heterocycles. The number of aryl methyl sites for hydroxylation is 2. The normalized spacial score (nSPS) is 10.3. The van der Waals surface area contributed by atoms with E-state index in [0.29, 0.717) is 11.3 Å². The van der Waals surface area contributed by atoms with Crippen LogP contribution in [-0.2, 0) is 0 Å². The Morgan fingerprint density at radius 2 is 1.90 bits per heavy atom. The lowest BCUT2D eigenvalue weighted by molar-refractivity contribution is 0.486. The zero-order chi connectivity index (χ0) is 14.8. The van der Waals surface area contributed by atoms with Gasteiger partial charge >= 0.3 is 0 Å². The van der Waals surface area contributed by atoms with Crippen LogP contribution in [0.2, 0.25) is 0 Å². The highest BCUT2D eigenvalue weighted by atomic mass is 16.5. The van der Waals surface area contributed by atoms with Gasteiger partial charge in [-0.1, -0.05) is 18.2 Å². The summed E-state index contributed by atoms with van der Waals surface area (Å²) >= 11 is 0. The average molecular weight is 274 g/mol. The van der Waals surface area contributed by atoms with E-state index in [9.17, 15) is 0 Å². The van der Waals surface area contributed by atoms with E-state index >= 15 is 0 Å². The second-order valence-corrected chi connectivity index (χ2v) is 4.97. The van der Waals surface area contributed by atoms with Gasteiger partial charge in [0.05, 0.1) is 11.6 Å². The SMILES string of the molecule is Cc1ccc2cccc(Oc3ccc(C#N)c(C)c3)c2n1. The first-order valence-electron chi connectivity index (χ1n) is 6.72. The summed E-state index contributed by atoms with van der Waals surface area (Å²) in [7, 11) is 0. The molecule has 0 spiro atoms. The minimum atomic E-state index is 0.661. The maximum Gasteiger partial charge on any atom is 0.153 e. The number of ether oxygens (including phenoxy) is 1. The Morgan fingerprint density at radius 1 is 1.05 bits per heavy atom. The third kappa shape index (κ3) is 2.56. The van der Waals surface area contributed by atoms with Gasteiger partial charge in [0.25, 0.3) is 0 Å². The smallest absolute Gasteiger partial charge is 0.153 e. The van der Waals surface area contributed by atoms with Gasteiger partial charge in [-0.05, 0) is 49.7 Å². The highest BCUT2D eigenvalue weighted by molar-refractivity contribution is 5.84. The number of benzene rings is 2. The third-order valence-corrected chi connectivity index (χ3v) is 3.37. The van der Waals surface area contributed by atoms with E-state index in [4.69, 9.17) is 10.00 Å². The number of nitriles is 1.